The highest BCUT2D eigenvalue weighted by Crippen LogP contribution is 2.22. The third-order valence-corrected chi connectivity index (χ3v) is 5.13. The largest absolute Gasteiger partial charge is 0.332 e. The highest BCUT2D eigenvalue weighted by Gasteiger charge is 2.21. The van der Waals surface area contributed by atoms with Crippen molar-refractivity contribution < 1.29 is 10.1 Å². The van der Waals surface area contributed by atoms with Gasteiger partial charge in [0.25, 0.3) is 5.91 Å². The van der Waals surface area contributed by atoms with Crippen LogP contribution >= 0.6 is 11.3 Å². The summed E-state index contributed by atoms with van der Waals surface area (Å²) in [6.07, 6.45) is 0. The average molecular weight is 357 g/mol. The first-order chi connectivity index (χ1) is 11.9. The molecule has 3 N–H and O–H groups in total. The predicted octanol–water partition coefficient (Wildman–Crippen LogP) is 3.64. The highest BCUT2D eigenvalue weighted by molar-refractivity contribution is 7.14. The summed E-state index contributed by atoms with van der Waals surface area (Å²) in [5, 5.41) is 16.4. The van der Waals surface area contributed by atoms with E-state index in [0.717, 1.165) is 0 Å². The first-order valence-corrected chi connectivity index (χ1v) is 9.51. The molecule has 2 rings (SSSR count). The number of rotatable bonds is 7. The van der Waals surface area contributed by atoms with Crippen LogP contribution < -0.4 is 10.6 Å². The first kappa shape index (κ1) is 19.2. The fourth-order valence-corrected chi connectivity index (χ4v) is 3.56. The normalized spacial score (nSPS) is 12.2. The van der Waals surface area contributed by atoms with Crippen molar-refractivity contribution in [1.29, 1.82) is 5.26 Å². The number of nitrogens with zero attached hydrogens (tertiary/aromatic N) is 1. The molecule has 0 radical (unpaired) electrons. The zero-order valence-electron chi connectivity index (χ0n) is 15.2. The summed E-state index contributed by atoms with van der Waals surface area (Å²) in [7, 11) is 0. The van der Waals surface area contributed by atoms with E-state index in [4.69, 9.17) is 5.26 Å². The van der Waals surface area contributed by atoms with E-state index in [1.165, 1.54) is 22.5 Å². The number of carbonyl (C=O) groups excluding carboxylic acids is 1. The second kappa shape index (κ2) is 8.80. The Kier molecular flexibility index (Phi) is 6.74. The summed E-state index contributed by atoms with van der Waals surface area (Å²) >= 11 is 1.38. The summed E-state index contributed by atoms with van der Waals surface area (Å²) in [5.41, 5.74) is 3.08. The fourth-order valence-electron chi connectivity index (χ4n) is 2.80. The summed E-state index contributed by atoms with van der Waals surface area (Å²) in [5.74, 6) is 0.846. The first-order valence-electron chi connectivity index (χ1n) is 8.63. The standard InChI is InChI=1S/C20H25N3OS/c1-13(2)15-5-7-16(8-6-15)19(14(3)4)22-12-18(24)23-20-17(11-21)9-10-25-20/h5-10,13-14,19,22H,12H2,1-4H3,(H,23,24)/p+1/t19-/m1/s1. The van der Waals surface area contributed by atoms with E-state index in [9.17, 15) is 4.79 Å². The molecule has 1 heterocycles. The van der Waals surface area contributed by atoms with Crippen LogP contribution in [0.4, 0.5) is 5.00 Å². The molecule has 0 bridgehead atoms. The molecule has 0 saturated carbocycles. The Morgan fingerprint density at radius 3 is 2.36 bits per heavy atom. The molecular formula is C20H26N3OS+. The number of thiophene rings is 1. The Morgan fingerprint density at radius 1 is 1.16 bits per heavy atom. The van der Waals surface area contributed by atoms with E-state index in [1.54, 1.807) is 6.07 Å². The van der Waals surface area contributed by atoms with Gasteiger partial charge in [-0.05, 0) is 22.9 Å². The van der Waals surface area contributed by atoms with Crippen LogP contribution in [0.1, 0.15) is 56.3 Å². The lowest BCUT2D eigenvalue weighted by Crippen LogP contribution is -2.88. The van der Waals surface area contributed by atoms with E-state index >= 15 is 0 Å². The van der Waals surface area contributed by atoms with Crippen LogP contribution in [-0.4, -0.2) is 12.5 Å². The van der Waals surface area contributed by atoms with Gasteiger partial charge >= 0.3 is 0 Å². The van der Waals surface area contributed by atoms with Crippen LogP contribution in [0.2, 0.25) is 0 Å². The van der Waals surface area contributed by atoms with Gasteiger partial charge < -0.3 is 10.6 Å². The van der Waals surface area contributed by atoms with E-state index in [1.807, 2.05) is 5.38 Å². The number of anilines is 1. The maximum absolute atomic E-state index is 12.2. The molecule has 0 unspecified atom stereocenters. The van der Waals surface area contributed by atoms with Gasteiger partial charge in [-0.1, -0.05) is 52.0 Å². The minimum Gasteiger partial charge on any atom is -0.332 e. The molecule has 132 valence electrons. The number of hydrogen-bond donors (Lipinski definition) is 2. The molecule has 1 atom stereocenters. The Labute approximate surface area is 153 Å². The van der Waals surface area contributed by atoms with Crippen molar-refractivity contribution in [2.24, 2.45) is 5.92 Å². The van der Waals surface area contributed by atoms with E-state index < -0.39 is 0 Å². The number of quaternary nitrogens is 1. The monoisotopic (exact) mass is 356 g/mol. The van der Waals surface area contributed by atoms with Crippen molar-refractivity contribution in [2.45, 2.75) is 39.7 Å². The Bertz CT molecular complexity index is 741. The molecule has 2 aromatic rings. The lowest BCUT2D eigenvalue weighted by molar-refractivity contribution is -0.692. The summed E-state index contributed by atoms with van der Waals surface area (Å²) in [6, 6.07) is 12.7. The Morgan fingerprint density at radius 2 is 1.80 bits per heavy atom. The van der Waals surface area contributed by atoms with Gasteiger partial charge in [0.05, 0.1) is 5.56 Å². The van der Waals surface area contributed by atoms with Crippen molar-refractivity contribution in [2.75, 3.05) is 11.9 Å². The van der Waals surface area contributed by atoms with Crippen LogP contribution in [0.5, 0.6) is 0 Å². The SMILES string of the molecule is CC(C)c1ccc([C@H]([NH2+]CC(=O)Nc2sccc2C#N)C(C)C)cc1. The number of hydrogen-bond acceptors (Lipinski definition) is 3. The number of nitriles is 1. The molecule has 5 heteroatoms. The van der Waals surface area contributed by atoms with Gasteiger partial charge in [0.2, 0.25) is 0 Å². The van der Waals surface area contributed by atoms with E-state index in [2.05, 4.69) is 68.7 Å². The van der Waals surface area contributed by atoms with Crippen molar-refractivity contribution in [3.05, 3.63) is 52.4 Å². The molecule has 0 aliphatic rings. The second-order valence-electron chi connectivity index (χ2n) is 6.85. The minimum absolute atomic E-state index is 0.0802. The third kappa shape index (κ3) is 5.15. The smallest absolute Gasteiger partial charge is 0.280 e. The number of nitrogens with one attached hydrogen (secondary N) is 1. The maximum atomic E-state index is 12.2. The van der Waals surface area contributed by atoms with Crippen LogP contribution in [0, 0.1) is 17.2 Å². The summed E-state index contributed by atoms with van der Waals surface area (Å²) in [6.45, 7) is 9.04. The van der Waals surface area contributed by atoms with E-state index in [-0.39, 0.29) is 11.9 Å². The van der Waals surface area contributed by atoms with Crippen LogP contribution in [0.25, 0.3) is 0 Å². The molecule has 1 amide bonds. The highest BCUT2D eigenvalue weighted by atomic mass is 32.1. The van der Waals surface area contributed by atoms with Gasteiger partial charge in [0.1, 0.15) is 17.1 Å². The zero-order valence-corrected chi connectivity index (χ0v) is 16.1. The molecule has 0 spiro atoms. The van der Waals surface area contributed by atoms with Crippen molar-refractivity contribution >= 4 is 22.2 Å². The lowest BCUT2D eigenvalue weighted by Gasteiger charge is -2.20. The van der Waals surface area contributed by atoms with Crippen LogP contribution in [-0.2, 0) is 4.79 Å². The molecule has 0 fully saturated rings. The van der Waals surface area contributed by atoms with Crippen molar-refractivity contribution in [3.63, 3.8) is 0 Å². The second-order valence-corrected chi connectivity index (χ2v) is 7.77. The molecule has 1 aromatic carbocycles. The van der Waals surface area contributed by atoms with Crippen molar-refractivity contribution in [3.8, 4) is 6.07 Å². The molecular weight excluding hydrogens is 330 g/mol. The molecule has 4 nitrogen and oxygen atoms in total. The van der Waals surface area contributed by atoms with Crippen molar-refractivity contribution in [1.82, 2.24) is 0 Å². The van der Waals surface area contributed by atoms with Gasteiger partial charge in [-0.25, -0.2) is 0 Å². The van der Waals surface area contributed by atoms with Gasteiger partial charge in [0.15, 0.2) is 6.54 Å². The minimum atomic E-state index is -0.0802. The lowest BCUT2D eigenvalue weighted by atomic mass is 9.93. The zero-order chi connectivity index (χ0) is 18.4. The molecule has 0 aliphatic carbocycles. The summed E-state index contributed by atoms with van der Waals surface area (Å²) < 4.78 is 0. The number of carbonyl (C=O) groups is 1. The number of benzene rings is 1. The van der Waals surface area contributed by atoms with Gasteiger partial charge in [0, 0.05) is 11.5 Å². The quantitative estimate of drug-likeness (QED) is 0.795. The van der Waals surface area contributed by atoms with Gasteiger partial charge in [-0.2, -0.15) is 5.26 Å². The van der Waals surface area contributed by atoms with Gasteiger partial charge in [-0.3, -0.25) is 4.79 Å². The number of nitrogens with two attached hydrogens (primary N) is 1. The van der Waals surface area contributed by atoms with E-state index in [0.29, 0.717) is 28.9 Å². The number of amides is 1. The maximum Gasteiger partial charge on any atom is 0.280 e. The average Bonchev–Trinajstić information content (AvgIpc) is 3.02. The topological polar surface area (TPSA) is 69.5 Å². The van der Waals surface area contributed by atoms with Gasteiger partial charge in [-0.15, -0.1) is 11.3 Å². The predicted molar refractivity (Wildman–Crippen MR) is 103 cm³/mol. The van der Waals surface area contributed by atoms with Crippen LogP contribution in [0.3, 0.4) is 0 Å². The molecule has 25 heavy (non-hydrogen) atoms. The molecule has 1 aromatic heterocycles. The molecule has 0 aliphatic heterocycles. The van der Waals surface area contributed by atoms with Crippen LogP contribution in [0.15, 0.2) is 35.7 Å². The summed E-state index contributed by atoms with van der Waals surface area (Å²) in [4.78, 5) is 12.2. The fraction of sp³-hybridized carbons (Fsp3) is 0.400. The molecule has 0 saturated heterocycles. The Balaban J connectivity index is 1.99. The third-order valence-electron chi connectivity index (χ3n) is 4.30. The Hall–Kier alpha value is -2.16.